The van der Waals surface area contributed by atoms with Gasteiger partial charge in [-0.1, -0.05) is 12.1 Å². The maximum Gasteiger partial charge on any atom is 0.163 e. The van der Waals surface area contributed by atoms with Gasteiger partial charge in [0.1, 0.15) is 35.8 Å². The number of hydrogen-bond acceptors (Lipinski definition) is 6. The van der Waals surface area contributed by atoms with Gasteiger partial charge in [-0.3, -0.25) is 0 Å². The molecule has 21 heavy (non-hydrogen) atoms. The Bertz CT molecular complexity index is 631. The smallest absolute Gasteiger partial charge is 0.163 e. The summed E-state index contributed by atoms with van der Waals surface area (Å²) in [5, 5.41) is 29.4. The lowest BCUT2D eigenvalue weighted by atomic mass is 10.2. The van der Waals surface area contributed by atoms with Gasteiger partial charge in [-0.15, -0.1) is 0 Å². The summed E-state index contributed by atoms with van der Waals surface area (Å²) in [5.41, 5.74) is 0.104. The first-order valence-corrected chi connectivity index (χ1v) is 6.12. The number of hydrogen-bond donors (Lipinski definition) is 1. The van der Waals surface area contributed by atoms with Crippen molar-refractivity contribution in [2.75, 3.05) is 19.0 Å². The first-order chi connectivity index (χ1) is 10.2. The van der Waals surface area contributed by atoms with Crippen LogP contribution in [0.1, 0.15) is 6.92 Å². The van der Waals surface area contributed by atoms with Crippen LogP contribution in [0.15, 0.2) is 35.5 Å². The van der Waals surface area contributed by atoms with E-state index in [9.17, 15) is 0 Å². The molecule has 0 bridgehead atoms. The van der Waals surface area contributed by atoms with Gasteiger partial charge in [0.2, 0.25) is 0 Å². The zero-order valence-corrected chi connectivity index (χ0v) is 11.8. The molecule has 1 aromatic carbocycles. The zero-order valence-electron chi connectivity index (χ0n) is 11.8. The lowest BCUT2D eigenvalue weighted by Gasteiger charge is -2.17. The molecule has 0 aromatic heterocycles. The number of rotatable bonds is 6. The van der Waals surface area contributed by atoms with Crippen LogP contribution < -0.4 is 10.1 Å². The van der Waals surface area contributed by atoms with Crippen LogP contribution in [-0.4, -0.2) is 19.8 Å². The van der Waals surface area contributed by atoms with Crippen molar-refractivity contribution in [3.05, 3.63) is 35.5 Å². The molecule has 1 aromatic rings. The molecule has 106 valence electrons. The third-order valence-electron chi connectivity index (χ3n) is 2.46. The highest BCUT2D eigenvalue weighted by Gasteiger charge is 2.11. The van der Waals surface area contributed by atoms with Crippen molar-refractivity contribution in [2.45, 2.75) is 13.0 Å². The van der Waals surface area contributed by atoms with Gasteiger partial charge in [-0.2, -0.15) is 15.8 Å². The first kappa shape index (κ1) is 16.0. The summed E-state index contributed by atoms with van der Waals surface area (Å²) in [6, 6.07) is 12.1. The highest BCUT2D eigenvalue weighted by atomic mass is 16.5. The summed E-state index contributed by atoms with van der Waals surface area (Å²) in [4.78, 5) is 0. The predicted molar refractivity (Wildman–Crippen MR) is 75.9 cm³/mol. The molecular weight excluding hydrogens is 268 g/mol. The Balaban J connectivity index is 3.05. The molecule has 0 saturated carbocycles. The van der Waals surface area contributed by atoms with E-state index >= 15 is 0 Å². The van der Waals surface area contributed by atoms with E-state index in [1.54, 1.807) is 49.6 Å². The first-order valence-electron chi connectivity index (χ1n) is 6.12. The minimum Gasteiger partial charge on any atom is -0.486 e. The fourth-order valence-electron chi connectivity index (χ4n) is 1.58. The van der Waals surface area contributed by atoms with Gasteiger partial charge < -0.3 is 14.8 Å². The Morgan fingerprint density at radius 1 is 1.19 bits per heavy atom. The lowest BCUT2D eigenvalue weighted by Crippen LogP contribution is -2.18. The van der Waals surface area contributed by atoms with Gasteiger partial charge in [0.15, 0.2) is 5.57 Å². The molecule has 1 rings (SSSR count). The van der Waals surface area contributed by atoms with E-state index in [-0.39, 0.29) is 17.4 Å². The second kappa shape index (κ2) is 8.22. The Morgan fingerprint density at radius 2 is 1.86 bits per heavy atom. The van der Waals surface area contributed by atoms with Crippen LogP contribution in [-0.2, 0) is 4.74 Å². The monoisotopic (exact) mass is 282 g/mol. The minimum atomic E-state index is -0.280. The van der Waals surface area contributed by atoms with Crippen LogP contribution in [0.25, 0.3) is 0 Å². The van der Waals surface area contributed by atoms with E-state index < -0.39 is 0 Å². The highest BCUT2D eigenvalue weighted by molar-refractivity contribution is 5.64. The van der Waals surface area contributed by atoms with Crippen LogP contribution in [0.3, 0.4) is 0 Å². The molecule has 6 heteroatoms. The van der Waals surface area contributed by atoms with Crippen molar-refractivity contribution in [2.24, 2.45) is 0 Å². The van der Waals surface area contributed by atoms with Crippen LogP contribution in [0.5, 0.6) is 5.75 Å². The number of ether oxygens (including phenoxy) is 2. The number of methoxy groups -OCH3 is 1. The second-order valence-electron chi connectivity index (χ2n) is 4.09. The topological polar surface area (TPSA) is 102 Å². The molecule has 0 aliphatic carbocycles. The zero-order chi connectivity index (χ0) is 15.7. The van der Waals surface area contributed by atoms with E-state index in [2.05, 4.69) is 5.32 Å². The van der Waals surface area contributed by atoms with Gasteiger partial charge in [0.25, 0.3) is 0 Å². The van der Waals surface area contributed by atoms with Gasteiger partial charge in [0.05, 0.1) is 12.3 Å². The molecule has 0 spiro atoms. The van der Waals surface area contributed by atoms with Crippen LogP contribution in [0.2, 0.25) is 0 Å². The number of benzene rings is 1. The normalized spacial score (nSPS) is 10.4. The number of allylic oxidation sites excluding steroid dienone is 2. The largest absolute Gasteiger partial charge is 0.486 e. The van der Waals surface area contributed by atoms with E-state index in [4.69, 9.17) is 25.3 Å². The molecule has 0 aliphatic heterocycles. The summed E-state index contributed by atoms with van der Waals surface area (Å²) in [6.07, 6.45) is -0.182. The van der Waals surface area contributed by atoms with Crippen molar-refractivity contribution in [3.8, 4) is 24.0 Å². The fraction of sp³-hybridized carbons (Fsp3) is 0.267. The van der Waals surface area contributed by atoms with E-state index in [1.165, 1.54) is 0 Å². The molecule has 0 saturated heterocycles. The van der Waals surface area contributed by atoms with Gasteiger partial charge in [0, 0.05) is 7.11 Å². The number of anilines is 1. The predicted octanol–water partition coefficient (Wildman–Crippen LogP) is 2.34. The maximum absolute atomic E-state index is 9.04. The molecule has 0 heterocycles. The van der Waals surface area contributed by atoms with Crippen LogP contribution in [0, 0.1) is 34.0 Å². The number of nitrogens with one attached hydrogen (secondary N) is 1. The molecule has 1 atom stereocenters. The Hall–Kier alpha value is -3.01. The summed E-state index contributed by atoms with van der Waals surface area (Å²) < 4.78 is 10.7. The van der Waals surface area contributed by atoms with Crippen molar-refractivity contribution in [3.63, 3.8) is 0 Å². The quantitative estimate of drug-likeness (QED) is 0.803. The maximum atomic E-state index is 9.04. The number of nitrogens with zero attached hydrogens (tertiary/aromatic N) is 3. The summed E-state index contributed by atoms with van der Waals surface area (Å²) in [7, 11) is 1.58. The van der Waals surface area contributed by atoms with Crippen molar-refractivity contribution < 1.29 is 9.47 Å². The Kier molecular flexibility index (Phi) is 6.28. The molecule has 1 N–H and O–H groups in total. The summed E-state index contributed by atoms with van der Waals surface area (Å²) in [6.45, 7) is 2.26. The fourth-order valence-corrected chi connectivity index (χ4v) is 1.58. The standard InChI is InChI=1S/C15H14N4O2/c1-11(10-20-2)21-15-6-4-3-5-13(15)19-14(9-18)12(7-16)8-17/h3-6,11,19H,10H2,1-2H3. The minimum absolute atomic E-state index is 0.115. The molecule has 1 unspecified atom stereocenters. The summed E-state index contributed by atoms with van der Waals surface area (Å²) >= 11 is 0. The Labute approximate surface area is 123 Å². The molecule has 6 nitrogen and oxygen atoms in total. The van der Waals surface area contributed by atoms with Gasteiger partial charge >= 0.3 is 0 Å². The van der Waals surface area contributed by atoms with Crippen molar-refractivity contribution in [1.82, 2.24) is 0 Å². The highest BCUT2D eigenvalue weighted by Crippen LogP contribution is 2.26. The SMILES string of the molecule is COCC(C)Oc1ccccc1NC(C#N)=C(C#N)C#N. The third kappa shape index (κ3) is 4.54. The molecule has 0 aliphatic rings. The number of para-hydroxylation sites is 2. The van der Waals surface area contributed by atoms with Crippen molar-refractivity contribution in [1.29, 1.82) is 15.8 Å². The van der Waals surface area contributed by atoms with Crippen LogP contribution in [0.4, 0.5) is 5.69 Å². The van der Waals surface area contributed by atoms with Crippen LogP contribution >= 0.6 is 0 Å². The molecular formula is C15H14N4O2. The van der Waals surface area contributed by atoms with E-state index in [1.807, 2.05) is 6.92 Å². The van der Waals surface area contributed by atoms with Gasteiger partial charge in [-0.25, -0.2) is 0 Å². The Morgan fingerprint density at radius 3 is 2.43 bits per heavy atom. The molecule has 0 fully saturated rings. The molecule has 0 radical (unpaired) electrons. The average molecular weight is 282 g/mol. The van der Waals surface area contributed by atoms with E-state index in [0.717, 1.165) is 0 Å². The van der Waals surface area contributed by atoms with Gasteiger partial charge in [-0.05, 0) is 19.1 Å². The number of nitriles is 3. The van der Waals surface area contributed by atoms with E-state index in [0.29, 0.717) is 18.0 Å². The molecule has 0 amide bonds. The lowest BCUT2D eigenvalue weighted by molar-refractivity contribution is 0.0925. The van der Waals surface area contributed by atoms with Crippen molar-refractivity contribution >= 4 is 5.69 Å². The second-order valence-corrected chi connectivity index (χ2v) is 4.09. The average Bonchev–Trinajstić information content (AvgIpc) is 2.49. The third-order valence-corrected chi connectivity index (χ3v) is 2.46. The summed E-state index contributed by atoms with van der Waals surface area (Å²) in [5.74, 6) is 0.505.